The van der Waals surface area contributed by atoms with Gasteiger partial charge in [-0.25, -0.2) is 17.9 Å². The van der Waals surface area contributed by atoms with E-state index >= 15 is 0 Å². The lowest BCUT2D eigenvalue weighted by Gasteiger charge is -2.24. The summed E-state index contributed by atoms with van der Waals surface area (Å²) < 4.78 is 31.6. The van der Waals surface area contributed by atoms with Crippen LogP contribution < -0.4 is 9.46 Å². The molecule has 0 saturated heterocycles. The Morgan fingerprint density at radius 2 is 1.63 bits per heavy atom. The summed E-state index contributed by atoms with van der Waals surface area (Å²) in [7, 11) is -3.74. The van der Waals surface area contributed by atoms with Gasteiger partial charge >= 0.3 is 6.09 Å². The van der Waals surface area contributed by atoms with Crippen LogP contribution in [0.4, 0.5) is 4.79 Å². The lowest BCUT2D eigenvalue weighted by atomic mass is 9.97. The van der Waals surface area contributed by atoms with Crippen LogP contribution >= 0.6 is 0 Å². The highest BCUT2D eigenvalue weighted by molar-refractivity contribution is 7.89. The molecule has 0 radical (unpaired) electrons. The first kappa shape index (κ1) is 30.1. The summed E-state index contributed by atoms with van der Waals surface area (Å²) in [6, 6.07) is 21.7. The summed E-state index contributed by atoms with van der Waals surface area (Å²) in [6.45, 7) is 0.197. The number of carboxylic acid groups (broad SMARTS) is 1. The van der Waals surface area contributed by atoms with Crippen LogP contribution in [0.2, 0.25) is 0 Å². The van der Waals surface area contributed by atoms with Crippen molar-refractivity contribution in [3.63, 3.8) is 0 Å². The maximum atomic E-state index is 12.7. The van der Waals surface area contributed by atoms with E-state index in [9.17, 15) is 28.2 Å². The molecule has 0 aromatic heterocycles. The Hall–Kier alpha value is -3.89. The molecule has 3 N–H and O–H groups in total. The summed E-state index contributed by atoms with van der Waals surface area (Å²) in [5.41, 5.74) is 3.42. The minimum absolute atomic E-state index is 0.0273. The van der Waals surface area contributed by atoms with Gasteiger partial charge in [0.05, 0.1) is 30.6 Å². The van der Waals surface area contributed by atoms with Gasteiger partial charge in [0.25, 0.3) is 5.91 Å². The highest BCUT2D eigenvalue weighted by Crippen LogP contribution is 2.31. The van der Waals surface area contributed by atoms with E-state index in [1.165, 1.54) is 4.90 Å². The van der Waals surface area contributed by atoms with E-state index in [0.29, 0.717) is 17.7 Å². The van der Waals surface area contributed by atoms with Gasteiger partial charge in [-0.1, -0.05) is 67.1 Å². The van der Waals surface area contributed by atoms with Gasteiger partial charge in [-0.3, -0.25) is 4.79 Å². The minimum Gasteiger partial charge on any atom is -0.490 e. The predicted molar refractivity (Wildman–Crippen MR) is 156 cm³/mol. The molecule has 41 heavy (non-hydrogen) atoms. The van der Waals surface area contributed by atoms with Crippen molar-refractivity contribution in [3.8, 4) is 16.9 Å². The van der Waals surface area contributed by atoms with Gasteiger partial charge in [-0.2, -0.15) is 0 Å². The SMILES string of the molecule is CS(=O)(=O)NC(=O)c1ccc(-c2ccc(CCN(C[C@H](O)c3ccccc3)C(=O)O)cc2)cc1OC1CCCCC1. The Balaban J connectivity index is 1.47. The average molecular weight is 581 g/mol. The van der Waals surface area contributed by atoms with E-state index < -0.39 is 28.1 Å². The molecule has 2 amide bonds. The van der Waals surface area contributed by atoms with Crippen LogP contribution in [0.5, 0.6) is 5.75 Å². The fourth-order valence-electron chi connectivity index (χ4n) is 4.96. The minimum atomic E-state index is -3.74. The summed E-state index contributed by atoms with van der Waals surface area (Å²) in [6.07, 6.45) is 4.34. The highest BCUT2D eigenvalue weighted by Gasteiger charge is 2.22. The van der Waals surface area contributed by atoms with Crippen molar-refractivity contribution in [1.29, 1.82) is 0 Å². The number of carbonyl (C=O) groups excluding carboxylic acids is 1. The smallest absolute Gasteiger partial charge is 0.407 e. The topological polar surface area (TPSA) is 133 Å². The molecule has 0 aliphatic heterocycles. The fourth-order valence-corrected chi connectivity index (χ4v) is 5.40. The zero-order chi connectivity index (χ0) is 29.4. The van der Waals surface area contributed by atoms with Crippen LogP contribution in [0, 0.1) is 0 Å². The molecule has 9 nitrogen and oxygen atoms in total. The van der Waals surface area contributed by atoms with Crippen LogP contribution in [0.15, 0.2) is 72.8 Å². The molecule has 1 aliphatic carbocycles. The second-order valence-electron chi connectivity index (χ2n) is 10.4. The summed E-state index contributed by atoms with van der Waals surface area (Å²) >= 11 is 0. The number of sulfonamides is 1. The van der Waals surface area contributed by atoms with Crippen molar-refractivity contribution in [2.75, 3.05) is 19.3 Å². The quantitative estimate of drug-likeness (QED) is 0.290. The maximum absolute atomic E-state index is 12.7. The second kappa shape index (κ2) is 13.6. The molecule has 4 rings (SSSR count). The van der Waals surface area contributed by atoms with E-state index in [4.69, 9.17) is 4.74 Å². The van der Waals surface area contributed by atoms with Crippen molar-refractivity contribution in [2.45, 2.75) is 50.7 Å². The molecule has 1 atom stereocenters. The number of hydrogen-bond donors (Lipinski definition) is 3. The summed E-state index contributed by atoms with van der Waals surface area (Å²) in [5, 5.41) is 20.1. The van der Waals surface area contributed by atoms with Crippen LogP contribution in [0.1, 0.15) is 59.7 Å². The number of nitrogens with zero attached hydrogens (tertiary/aromatic N) is 1. The van der Waals surface area contributed by atoms with Gasteiger partial charge in [0, 0.05) is 6.54 Å². The third kappa shape index (κ3) is 8.80. The van der Waals surface area contributed by atoms with Crippen LogP contribution in [-0.4, -0.2) is 61.0 Å². The van der Waals surface area contributed by atoms with Crippen molar-refractivity contribution in [2.24, 2.45) is 0 Å². The number of nitrogens with one attached hydrogen (secondary N) is 1. The van der Waals surface area contributed by atoms with E-state index in [1.54, 1.807) is 42.5 Å². The Kier molecular flexibility index (Phi) is 10.0. The molecule has 0 bridgehead atoms. The van der Waals surface area contributed by atoms with E-state index in [2.05, 4.69) is 0 Å². The summed E-state index contributed by atoms with van der Waals surface area (Å²) in [4.78, 5) is 25.7. The number of rotatable bonds is 11. The monoisotopic (exact) mass is 580 g/mol. The molecule has 10 heteroatoms. The zero-order valence-electron chi connectivity index (χ0n) is 23.0. The van der Waals surface area contributed by atoms with E-state index in [-0.39, 0.29) is 24.8 Å². The first-order valence-electron chi connectivity index (χ1n) is 13.7. The van der Waals surface area contributed by atoms with Gasteiger partial charge < -0.3 is 19.8 Å². The average Bonchev–Trinajstić information content (AvgIpc) is 2.95. The normalized spacial score (nSPS) is 14.7. The fraction of sp³-hybridized carbons (Fsp3) is 0.355. The largest absolute Gasteiger partial charge is 0.490 e. The number of amides is 2. The first-order chi connectivity index (χ1) is 19.6. The van der Waals surface area contributed by atoms with Gasteiger partial charge in [0.2, 0.25) is 10.0 Å². The van der Waals surface area contributed by atoms with Crippen molar-refractivity contribution < 1.29 is 33.0 Å². The second-order valence-corrected chi connectivity index (χ2v) is 12.1. The van der Waals surface area contributed by atoms with E-state index in [0.717, 1.165) is 55.1 Å². The number of hydrogen-bond acceptors (Lipinski definition) is 6. The molecule has 3 aromatic rings. The molecular weight excluding hydrogens is 544 g/mol. The van der Waals surface area contributed by atoms with Gasteiger partial charge in [0.15, 0.2) is 0 Å². The molecule has 1 fully saturated rings. The van der Waals surface area contributed by atoms with Crippen molar-refractivity contribution in [1.82, 2.24) is 9.62 Å². The Morgan fingerprint density at radius 1 is 0.976 bits per heavy atom. The van der Waals surface area contributed by atoms with Crippen molar-refractivity contribution in [3.05, 3.63) is 89.5 Å². The Labute approximate surface area is 240 Å². The van der Waals surface area contributed by atoms with Crippen LogP contribution in [0.25, 0.3) is 11.1 Å². The van der Waals surface area contributed by atoms with Crippen LogP contribution in [-0.2, 0) is 16.4 Å². The highest BCUT2D eigenvalue weighted by atomic mass is 32.2. The number of aliphatic hydroxyl groups is 1. The Bertz CT molecular complexity index is 1440. The predicted octanol–water partition coefficient (Wildman–Crippen LogP) is 5.01. The zero-order valence-corrected chi connectivity index (χ0v) is 23.8. The summed E-state index contributed by atoms with van der Waals surface area (Å²) in [5.74, 6) is -0.394. The van der Waals surface area contributed by atoms with Gasteiger partial charge in [-0.05, 0) is 66.5 Å². The molecule has 1 aliphatic rings. The standard InChI is InChI=1S/C31H36N2O7S/c1-41(38,39)32-30(35)27-17-16-25(20-29(27)40-26-10-6-3-7-11-26)23-14-12-22(13-15-23)18-19-33(31(36)37)21-28(34)24-8-4-2-5-9-24/h2,4-5,8-9,12-17,20,26,28,34H,3,6-7,10-11,18-19,21H2,1H3,(H,32,35)(H,36,37)/t28-/m0/s1. The number of ether oxygens (including phenoxy) is 1. The van der Waals surface area contributed by atoms with Crippen molar-refractivity contribution >= 4 is 22.0 Å². The maximum Gasteiger partial charge on any atom is 0.407 e. The molecule has 0 unspecified atom stereocenters. The first-order valence-corrected chi connectivity index (χ1v) is 15.6. The lowest BCUT2D eigenvalue weighted by molar-refractivity contribution is 0.0967. The van der Waals surface area contributed by atoms with Gasteiger partial charge in [0.1, 0.15) is 5.75 Å². The lowest BCUT2D eigenvalue weighted by Crippen LogP contribution is -2.35. The Morgan fingerprint density at radius 3 is 2.27 bits per heavy atom. The molecule has 0 spiro atoms. The van der Waals surface area contributed by atoms with E-state index in [1.807, 2.05) is 35.1 Å². The molecule has 218 valence electrons. The van der Waals surface area contributed by atoms with Gasteiger partial charge in [-0.15, -0.1) is 0 Å². The third-order valence-corrected chi connectivity index (χ3v) is 7.71. The third-order valence-electron chi connectivity index (χ3n) is 7.16. The number of carbonyl (C=O) groups is 2. The van der Waals surface area contributed by atoms with Crippen LogP contribution in [0.3, 0.4) is 0 Å². The molecule has 1 saturated carbocycles. The molecule has 3 aromatic carbocycles. The number of aliphatic hydroxyl groups excluding tert-OH is 1. The molecular formula is C31H36N2O7S. The molecule has 0 heterocycles. The number of benzene rings is 3.